The summed E-state index contributed by atoms with van der Waals surface area (Å²) in [6.45, 7) is -0.405. The van der Waals surface area contributed by atoms with Crippen molar-refractivity contribution in [3.63, 3.8) is 0 Å². The Morgan fingerprint density at radius 1 is 1.43 bits per heavy atom. The van der Waals surface area contributed by atoms with E-state index in [4.69, 9.17) is 21.1 Å². The lowest BCUT2D eigenvalue weighted by atomic mass is 10.3. The maximum Gasteiger partial charge on any atom is 0.169 e. The van der Waals surface area contributed by atoms with Gasteiger partial charge < -0.3 is 21.1 Å². The Morgan fingerprint density at radius 2 is 1.86 bits per heavy atom. The lowest BCUT2D eigenvalue weighted by molar-refractivity contribution is -0.0680. The number of aliphatic hydroxyl groups is 3. The summed E-state index contributed by atoms with van der Waals surface area (Å²) in [6, 6.07) is -0.931. The fraction of sp³-hybridized carbons (Fsp3) is 1.00. The largest absolute Gasteiger partial charge is 0.395 e. The monoisotopic (exact) mass is 107 g/mol. The van der Waals surface area contributed by atoms with Gasteiger partial charge in [-0.1, -0.05) is 0 Å². The Balaban J connectivity index is 3.14. The smallest absolute Gasteiger partial charge is 0.169 e. The Morgan fingerprint density at radius 3 is 1.86 bits per heavy atom. The first-order valence-electron chi connectivity index (χ1n) is 1.91. The highest BCUT2D eigenvalue weighted by molar-refractivity contribution is 4.57. The summed E-state index contributed by atoms with van der Waals surface area (Å²) >= 11 is 0. The van der Waals surface area contributed by atoms with Crippen molar-refractivity contribution in [1.29, 1.82) is 0 Å². The second-order valence-electron chi connectivity index (χ2n) is 1.26. The van der Waals surface area contributed by atoms with Crippen LogP contribution >= 0.6 is 0 Å². The highest BCUT2D eigenvalue weighted by Crippen LogP contribution is 1.79. The molecule has 0 aromatic heterocycles. The molecular formula is C3H9NO3. The molecule has 0 unspecified atom stereocenters. The first-order chi connectivity index (χ1) is 3.18. The first kappa shape index (κ1) is 6.84. The normalized spacial score (nSPS) is 15.0. The molecule has 0 saturated carbocycles. The maximum atomic E-state index is 8.09. The maximum absolute atomic E-state index is 8.09. The summed E-state index contributed by atoms with van der Waals surface area (Å²) < 4.78 is 0. The van der Waals surface area contributed by atoms with Gasteiger partial charge in [-0.2, -0.15) is 0 Å². The van der Waals surface area contributed by atoms with E-state index in [9.17, 15) is 0 Å². The van der Waals surface area contributed by atoms with Crippen LogP contribution in [0, 0.1) is 0 Å². The minimum absolute atomic E-state index is 0.405. The van der Waals surface area contributed by atoms with E-state index in [1.54, 1.807) is 0 Å². The lowest BCUT2D eigenvalue weighted by Gasteiger charge is -2.07. The van der Waals surface area contributed by atoms with Crippen LogP contribution < -0.4 is 5.73 Å². The average molecular weight is 107 g/mol. The summed E-state index contributed by atoms with van der Waals surface area (Å²) in [5, 5.41) is 24.2. The van der Waals surface area contributed by atoms with Gasteiger partial charge in [-0.25, -0.2) is 0 Å². The molecule has 4 nitrogen and oxygen atoms in total. The molecule has 0 aromatic carbocycles. The van der Waals surface area contributed by atoms with Crippen molar-refractivity contribution in [1.82, 2.24) is 0 Å². The van der Waals surface area contributed by atoms with E-state index in [1.807, 2.05) is 0 Å². The first-order valence-corrected chi connectivity index (χ1v) is 1.91. The van der Waals surface area contributed by atoms with Gasteiger partial charge in [0, 0.05) is 0 Å². The van der Waals surface area contributed by atoms with Gasteiger partial charge in [0.1, 0.15) is 0 Å². The van der Waals surface area contributed by atoms with Gasteiger partial charge in [-0.3, -0.25) is 0 Å². The van der Waals surface area contributed by atoms with Crippen molar-refractivity contribution >= 4 is 0 Å². The molecule has 0 aliphatic rings. The number of hydrogen-bond acceptors (Lipinski definition) is 4. The summed E-state index contributed by atoms with van der Waals surface area (Å²) in [6.07, 6.45) is -1.61. The lowest BCUT2D eigenvalue weighted by Crippen LogP contribution is -2.37. The molecule has 0 aliphatic carbocycles. The zero-order valence-corrected chi connectivity index (χ0v) is 3.78. The van der Waals surface area contributed by atoms with Gasteiger partial charge in [-0.15, -0.1) is 0 Å². The number of aliphatic hydroxyl groups excluding tert-OH is 2. The molecule has 1 atom stereocenters. The second-order valence-corrected chi connectivity index (χ2v) is 1.26. The molecule has 0 aromatic rings. The quantitative estimate of drug-likeness (QED) is 0.297. The molecule has 5 N–H and O–H groups in total. The highest BCUT2D eigenvalue weighted by atomic mass is 16.5. The molecule has 0 saturated heterocycles. The minimum Gasteiger partial charge on any atom is -0.395 e. The molecule has 0 spiro atoms. The van der Waals surface area contributed by atoms with E-state index < -0.39 is 18.9 Å². The van der Waals surface area contributed by atoms with Crippen LogP contribution in [0.1, 0.15) is 0 Å². The van der Waals surface area contributed by atoms with Crippen molar-refractivity contribution in [3.8, 4) is 0 Å². The predicted molar refractivity (Wildman–Crippen MR) is 23.3 cm³/mol. The Bertz CT molecular complexity index is 47.4. The van der Waals surface area contributed by atoms with Gasteiger partial charge >= 0.3 is 0 Å². The molecule has 0 rings (SSSR count). The number of rotatable bonds is 2. The molecule has 0 amide bonds. The van der Waals surface area contributed by atoms with Crippen LogP contribution in [0.2, 0.25) is 0 Å². The highest BCUT2D eigenvalue weighted by Gasteiger charge is 2.06. The molecule has 0 heterocycles. The summed E-state index contributed by atoms with van der Waals surface area (Å²) in [5.41, 5.74) is 4.87. The molecule has 7 heavy (non-hydrogen) atoms. The van der Waals surface area contributed by atoms with Gasteiger partial charge in [0.2, 0.25) is 0 Å². The van der Waals surface area contributed by atoms with Crippen LogP contribution in [0.3, 0.4) is 0 Å². The van der Waals surface area contributed by atoms with E-state index in [-0.39, 0.29) is 0 Å². The fourth-order valence-electron chi connectivity index (χ4n) is 0.0943. The number of hydrogen-bond donors (Lipinski definition) is 4. The van der Waals surface area contributed by atoms with E-state index >= 15 is 0 Å². The molecule has 44 valence electrons. The van der Waals surface area contributed by atoms with Crippen LogP contribution in [-0.2, 0) is 0 Å². The van der Waals surface area contributed by atoms with Gasteiger partial charge in [0.25, 0.3) is 0 Å². The molecule has 4 heteroatoms. The Kier molecular flexibility index (Phi) is 2.86. The van der Waals surface area contributed by atoms with Crippen molar-refractivity contribution in [3.05, 3.63) is 0 Å². The third kappa shape index (κ3) is 2.52. The summed E-state index contributed by atoms with van der Waals surface area (Å²) in [5.74, 6) is 0. The van der Waals surface area contributed by atoms with E-state index in [0.29, 0.717) is 0 Å². The molecule has 0 bridgehead atoms. The van der Waals surface area contributed by atoms with Crippen LogP contribution in [-0.4, -0.2) is 34.3 Å². The molecular weight excluding hydrogens is 98.0 g/mol. The summed E-state index contributed by atoms with van der Waals surface area (Å²) in [4.78, 5) is 0. The van der Waals surface area contributed by atoms with Gasteiger partial charge in [0.05, 0.1) is 12.6 Å². The minimum atomic E-state index is -1.61. The van der Waals surface area contributed by atoms with Crippen LogP contribution in [0.25, 0.3) is 0 Å². The van der Waals surface area contributed by atoms with Gasteiger partial charge in [0.15, 0.2) is 6.29 Å². The SMILES string of the molecule is N[C@H](CO)C(O)O. The van der Waals surface area contributed by atoms with Crippen molar-refractivity contribution in [2.45, 2.75) is 12.3 Å². The topological polar surface area (TPSA) is 86.7 Å². The van der Waals surface area contributed by atoms with Gasteiger partial charge in [-0.05, 0) is 0 Å². The molecule has 0 radical (unpaired) electrons. The van der Waals surface area contributed by atoms with Crippen molar-refractivity contribution in [2.24, 2.45) is 5.73 Å². The second kappa shape index (κ2) is 2.92. The van der Waals surface area contributed by atoms with E-state index in [0.717, 1.165) is 0 Å². The molecule has 0 aliphatic heterocycles. The predicted octanol–water partition coefficient (Wildman–Crippen LogP) is -2.38. The third-order valence-corrected chi connectivity index (χ3v) is 0.594. The zero-order chi connectivity index (χ0) is 5.86. The Labute approximate surface area is 41.2 Å². The van der Waals surface area contributed by atoms with Crippen LogP contribution in [0.5, 0.6) is 0 Å². The zero-order valence-electron chi connectivity index (χ0n) is 3.78. The average Bonchev–Trinajstić information content (AvgIpc) is 1.65. The fourth-order valence-corrected chi connectivity index (χ4v) is 0.0943. The van der Waals surface area contributed by atoms with Crippen LogP contribution in [0.4, 0.5) is 0 Å². The van der Waals surface area contributed by atoms with E-state index in [1.165, 1.54) is 0 Å². The van der Waals surface area contributed by atoms with Crippen LogP contribution in [0.15, 0.2) is 0 Å². The number of nitrogens with two attached hydrogens (primary N) is 1. The van der Waals surface area contributed by atoms with E-state index in [2.05, 4.69) is 0 Å². The Hall–Kier alpha value is -0.160. The third-order valence-electron chi connectivity index (χ3n) is 0.594. The standard InChI is InChI=1S/C3H9NO3/c4-2(1-5)3(6)7/h2-3,5-7H,1,4H2/t2-/m1/s1. The molecule has 0 fully saturated rings. The van der Waals surface area contributed by atoms with Crippen molar-refractivity contribution in [2.75, 3.05) is 6.61 Å². The van der Waals surface area contributed by atoms with Crippen molar-refractivity contribution < 1.29 is 15.3 Å². The summed E-state index contributed by atoms with van der Waals surface area (Å²) in [7, 11) is 0.